The minimum absolute atomic E-state index is 0.187. The molecule has 0 fully saturated rings. The van der Waals surface area contributed by atoms with Crippen LogP contribution in [0, 0.1) is 20.8 Å². The number of hydrogen-bond acceptors (Lipinski definition) is 8. The SMILES string of the molecule is Cc1nc(NCCCc2cccc(O)c2C)nc(C)c1C(=O)N[C@@H](CNC(=O)c1cccs1)C(=O)O. The second kappa shape index (κ2) is 12.1. The summed E-state index contributed by atoms with van der Waals surface area (Å²) in [5, 5.41) is 29.2. The smallest absolute Gasteiger partial charge is 0.328 e. The van der Waals surface area contributed by atoms with Gasteiger partial charge in [0.1, 0.15) is 11.8 Å². The lowest BCUT2D eigenvalue weighted by molar-refractivity contribution is -0.139. The first kappa shape index (κ1) is 26.6. The van der Waals surface area contributed by atoms with Crippen LogP contribution in [0.1, 0.15) is 49.0 Å². The molecule has 0 saturated carbocycles. The van der Waals surface area contributed by atoms with Gasteiger partial charge in [-0.1, -0.05) is 18.2 Å². The molecule has 0 saturated heterocycles. The molecule has 1 atom stereocenters. The summed E-state index contributed by atoms with van der Waals surface area (Å²) in [6.45, 7) is 5.50. The van der Waals surface area contributed by atoms with E-state index in [1.165, 1.54) is 11.3 Å². The lowest BCUT2D eigenvalue weighted by Gasteiger charge is -2.17. The fourth-order valence-corrected chi connectivity index (χ4v) is 4.30. The van der Waals surface area contributed by atoms with E-state index in [9.17, 15) is 24.6 Å². The highest BCUT2D eigenvalue weighted by Gasteiger charge is 2.24. The fraction of sp³-hybridized carbons (Fsp3) is 0.320. The molecule has 11 heteroatoms. The van der Waals surface area contributed by atoms with Crippen LogP contribution in [0.3, 0.4) is 0 Å². The number of amides is 2. The standard InChI is InChI=1S/C25H29N5O5S/c1-14-17(7-4-9-19(14)31)8-5-11-26-25-28-15(2)21(16(3)29-25)23(33)30-18(24(34)35)13-27-22(32)20-10-6-12-36-20/h4,6-7,9-10,12,18,31H,5,8,11,13H2,1-3H3,(H,27,32)(H,30,33)(H,34,35)(H,26,28,29)/t18-/m0/s1. The van der Waals surface area contributed by atoms with Crippen molar-refractivity contribution in [3.8, 4) is 5.75 Å². The average Bonchev–Trinajstić information content (AvgIpc) is 3.36. The molecule has 0 aliphatic rings. The third kappa shape index (κ3) is 6.79. The Hall–Kier alpha value is -3.99. The Morgan fingerprint density at radius 2 is 1.75 bits per heavy atom. The van der Waals surface area contributed by atoms with Crippen molar-refractivity contribution in [2.75, 3.05) is 18.4 Å². The molecular weight excluding hydrogens is 482 g/mol. The first-order valence-corrected chi connectivity index (χ1v) is 12.3. The van der Waals surface area contributed by atoms with Crippen LogP contribution in [0.5, 0.6) is 5.75 Å². The topological polar surface area (TPSA) is 154 Å². The molecule has 10 nitrogen and oxygen atoms in total. The molecule has 5 N–H and O–H groups in total. The average molecular weight is 512 g/mol. The van der Waals surface area contributed by atoms with Crippen LogP contribution in [0.4, 0.5) is 5.95 Å². The molecule has 1 aromatic carbocycles. The lowest BCUT2D eigenvalue weighted by atomic mass is 10.0. The number of nitrogens with zero attached hydrogens (tertiary/aromatic N) is 2. The molecule has 0 aliphatic carbocycles. The number of anilines is 1. The number of hydrogen-bond donors (Lipinski definition) is 5. The monoisotopic (exact) mass is 511 g/mol. The van der Waals surface area contributed by atoms with Crippen molar-refractivity contribution in [2.24, 2.45) is 0 Å². The van der Waals surface area contributed by atoms with Crippen LogP contribution >= 0.6 is 11.3 Å². The number of carboxylic acid groups (broad SMARTS) is 1. The summed E-state index contributed by atoms with van der Waals surface area (Å²) >= 11 is 1.23. The van der Waals surface area contributed by atoms with Crippen LogP contribution in [0.2, 0.25) is 0 Å². The Morgan fingerprint density at radius 3 is 2.39 bits per heavy atom. The zero-order chi connectivity index (χ0) is 26.2. The van der Waals surface area contributed by atoms with Gasteiger partial charge in [-0.25, -0.2) is 14.8 Å². The number of aromatic hydroxyl groups is 1. The van der Waals surface area contributed by atoms with Gasteiger partial charge in [0.2, 0.25) is 5.95 Å². The van der Waals surface area contributed by atoms with Crippen molar-refractivity contribution in [2.45, 2.75) is 39.7 Å². The predicted octanol–water partition coefficient (Wildman–Crippen LogP) is 2.83. The number of phenolic OH excluding ortho intramolecular Hbond substituents is 1. The Bertz CT molecular complexity index is 1220. The molecule has 3 rings (SSSR count). The molecular formula is C25H29N5O5S. The zero-order valence-electron chi connectivity index (χ0n) is 20.3. The molecule has 0 bridgehead atoms. The van der Waals surface area contributed by atoms with Gasteiger partial charge in [-0.3, -0.25) is 9.59 Å². The van der Waals surface area contributed by atoms with Crippen LogP contribution in [0.25, 0.3) is 0 Å². The lowest BCUT2D eigenvalue weighted by Crippen LogP contribution is -2.48. The van der Waals surface area contributed by atoms with Crippen LogP contribution in [-0.4, -0.2) is 57.1 Å². The highest BCUT2D eigenvalue weighted by Crippen LogP contribution is 2.20. The summed E-state index contributed by atoms with van der Waals surface area (Å²) in [5.74, 6) is -1.66. The number of aryl methyl sites for hydroxylation is 3. The molecule has 36 heavy (non-hydrogen) atoms. The van der Waals surface area contributed by atoms with Gasteiger partial charge in [0.15, 0.2) is 0 Å². The normalized spacial score (nSPS) is 11.5. The molecule has 3 aromatic rings. The molecule has 0 radical (unpaired) electrons. The van der Waals surface area contributed by atoms with E-state index in [0.29, 0.717) is 28.8 Å². The van der Waals surface area contributed by atoms with E-state index in [1.807, 2.05) is 19.1 Å². The molecule has 0 spiro atoms. The van der Waals surface area contributed by atoms with Crippen molar-refractivity contribution in [3.63, 3.8) is 0 Å². The number of nitrogens with one attached hydrogen (secondary N) is 3. The van der Waals surface area contributed by atoms with Gasteiger partial charge in [-0.15, -0.1) is 11.3 Å². The molecule has 190 valence electrons. The maximum atomic E-state index is 12.9. The fourth-order valence-electron chi connectivity index (χ4n) is 3.66. The van der Waals surface area contributed by atoms with Crippen molar-refractivity contribution in [3.05, 3.63) is 68.7 Å². The minimum Gasteiger partial charge on any atom is -0.508 e. The number of rotatable bonds is 11. The summed E-state index contributed by atoms with van der Waals surface area (Å²) in [5.41, 5.74) is 2.92. The van der Waals surface area contributed by atoms with E-state index in [4.69, 9.17) is 0 Å². The highest BCUT2D eigenvalue weighted by atomic mass is 32.1. The van der Waals surface area contributed by atoms with Gasteiger partial charge >= 0.3 is 5.97 Å². The number of aromatic nitrogens is 2. The first-order valence-electron chi connectivity index (χ1n) is 11.4. The van der Waals surface area contributed by atoms with Crippen molar-refractivity contribution in [1.29, 1.82) is 0 Å². The second-order valence-corrected chi connectivity index (χ2v) is 9.18. The summed E-state index contributed by atoms with van der Waals surface area (Å²) in [7, 11) is 0. The number of thiophene rings is 1. The van der Waals surface area contributed by atoms with Crippen LogP contribution in [-0.2, 0) is 11.2 Å². The molecule has 0 unspecified atom stereocenters. The van der Waals surface area contributed by atoms with Crippen molar-refractivity contribution < 1.29 is 24.6 Å². The Kier molecular flexibility index (Phi) is 8.96. The maximum Gasteiger partial charge on any atom is 0.328 e. The third-order valence-electron chi connectivity index (χ3n) is 5.64. The second-order valence-electron chi connectivity index (χ2n) is 8.24. The van der Waals surface area contributed by atoms with Gasteiger partial charge in [0.25, 0.3) is 11.8 Å². The Labute approximate surface area is 212 Å². The Balaban J connectivity index is 1.57. The third-order valence-corrected chi connectivity index (χ3v) is 6.51. The predicted molar refractivity (Wildman–Crippen MR) is 137 cm³/mol. The zero-order valence-corrected chi connectivity index (χ0v) is 21.1. The highest BCUT2D eigenvalue weighted by molar-refractivity contribution is 7.12. The van der Waals surface area contributed by atoms with Crippen LogP contribution < -0.4 is 16.0 Å². The maximum absolute atomic E-state index is 12.9. The summed E-state index contributed by atoms with van der Waals surface area (Å²) in [6, 6.07) is 7.48. The molecule has 2 heterocycles. The largest absolute Gasteiger partial charge is 0.508 e. The quantitative estimate of drug-likeness (QED) is 0.246. The van der Waals surface area contributed by atoms with Gasteiger partial charge in [-0.2, -0.15) is 0 Å². The molecule has 2 amide bonds. The summed E-state index contributed by atoms with van der Waals surface area (Å²) in [6.07, 6.45) is 1.55. The van der Waals surface area contributed by atoms with E-state index in [-0.39, 0.29) is 17.9 Å². The summed E-state index contributed by atoms with van der Waals surface area (Å²) < 4.78 is 0. The van der Waals surface area contributed by atoms with Gasteiger partial charge in [0, 0.05) is 13.1 Å². The van der Waals surface area contributed by atoms with Gasteiger partial charge < -0.3 is 26.2 Å². The number of carbonyl (C=O) groups is 3. The first-order chi connectivity index (χ1) is 17.2. The number of carbonyl (C=O) groups excluding carboxylic acids is 2. The number of carboxylic acids is 1. The van der Waals surface area contributed by atoms with E-state index < -0.39 is 23.8 Å². The van der Waals surface area contributed by atoms with E-state index in [0.717, 1.165) is 24.0 Å². The summed E-state index contributed by atoms with van der Waals surface area (Å²) in [4.78, 5) is 45.8. The Morgan fingerprint density at radius 1 is 1.03 bits per heavy atom. The number of benzene rings is 1. The minimum atomic E-state index is -1.32. The van der Waals surface area contributed by atoms with Crippen molar-refractivity contribution >= 4 is 35.1 Å². The van der Waals surface area contributed by atoms with Crippen LogP contribution in [0.15, 0.2) is 35.7 Å². The van der Waals surface area contributed by atoms with E-state index in [2.05, 4.69) is 25.9 Å². The van der Waals surface area contributed by atoms with E-state index >= 15 is 0 Å². The van der Waals surface area contributed by atoms with E-state index in [1.54, 1.807) is 37.4 Å². The van der Waals surface area contributed by atoms with Gasteiger partial charge in [0.05, 0.1) is 21.8 Å². The van der Waals surface area contributed by atoms with Crippen molar-refractivity contribution in [1.82, 2.24) is 20.6 Å². The molecule has 0 aliphatic heterocycles. The van der Waals surface area contributed by atoms with Gasteiger partial charge in [-0.05, 0) is 62.3 Å². The number of aliphatic carboxylic acids is 1. The number of phenols is 1. The molecule has 2 aromatic heterocycles.